The third-order valence-electron chi connectivity index (χ3n) is 3.10. The maximum absolute atomic E-state index is 11.8. The number of nitrogens with one attached hydrogen (secondary N) is 1. The van der Waals surface area contributed by atoms with Crippen molar-refractivity contribution in [3.8, 4) is 5.75 Å². The highest BCUT2D eigenvalue weighted by molar-refractivity contribution is 5.96. The molecule has 1 aromatic heterocycles. The molecule has 3 rings (SSSR count). The molecule has 2 N–H and O–H groups in total. The predicted molar refractivity (Wildman–Crippen MR) is 69.3 cm³/mol. The number of fused-ring (bicyclic) bond motifs is 1. The number of nitrogens with zero attached hydrogens (tertiary/aromatic N) is 3. The van der Waals surface area contributed by atoms with Crippen molar-refractivity contribution >= 4 is 11.6 Å². The van der Waals surface area contributed by atoms with E-state index < -0.39 is 0 Å². The van der Waals surface area contributed by atoms with Crippen molar-refractivity contribution in [1.29, 1.82) is 0 Å². The summed E-state index contributed by atoms with van der Waals surface area (Å²) in [4.78, 5) is 11.8. The Balaban J connectivity index is 1.66. The van der Waals surface area contributed by atoms with Crippen molar-refractivity contribution in [2.75, 3.05) is 0 Å². The standard InChI is InChI=1S/C13H12N4O3/c18-10-4-1-8(2-5-10)13(19)15-14-9-3-6-11-12(7-9)17-20-16-11/h1-2,4-5,18H,3,6-7H2,(H,15,19)/b14-9-. The zero-order valence-corrected chi connectivity index (χ0v) is 10.5. The molecule has 1 amide bonds. The molecule has 0 unspecified atom stereocenters. The third-order valence-corrected chi connectivity index (χ3v) is 3.10. The number of aryl methyl sites for hydroxylation is 1. The van der Waals surface area contributed by atoms with Gasteiger partial charge in [-0.2, -0.15) is 5.10 Å². The summed E-state index contributed by atoms with van der Waals surface area (Å²) in [6.45, 7) is 0. The number of carbonyl (C=O) groups is 1. The second-order valence-corrected chi connectivity index (χ2v) is 4.50. The number of phenols is 1. The summed E-state index contributed by atoms with van der Waals surface area (Å²) in [5.41, 5.74) is 5.40. The average molecular weight is 272 g/mol. The van der Waals surface area contributed by atoms with Gasteiger partial charge >= 0.3 is 0 Å². The topological polar surface area (TPSA) is 101 Å². The second kappa shape index (κ2) is 5.12. The number of aromatic hydroxyl groups is 1. The van der Waals surface area contributed by atoms with Gasteiger partial charge in [0.25, 0.3) is 5.91 Å². The van der Waals surface area contributed by atoms with E-state index in [2.05, 4.69) is 25.5 Å². The number of hydrogen-bond acceptors (Lipinski definition) is 6. The van der Waals surface area contributed by atoms with Crippen LogP contribution in [0.5, 0.6) is 5.75 Å². The molecule has 0 bridgehead atoms. The molecule has 1 heterocycles. The molecule has 0 atom stereocenters. The average Bonchev–Trinajstić information content (AvgIpc) is 2.93. The highest BCUT2D eigenvalue weighted by Crippen LogP contribution is 2.15. The summed E-state index contributed by atoms with van der Waals surface area (Å²) >= 11 is 0. The van der Waals surface area contributed by atoms with Gasteiger partial charge in [0.2, 0.25) is 0 Å². The Bertz CT molecular complexity index is 661. The molecular formula is C13H12N4O3. The molecule has 0 radical (unpaired) electrons. The first-order valence-corrected chi connectivity index (χ1v) is 6.17. The Hall–Kier alpha value is -2.70. The Kier molecular flexibility index (Phi) is 3.16. The first kappa shape index (κ1) is 12.3. The van der Waals surface area contributed by atoms with Crippen LogP contribution in [0.15, 0.2) is 34.0 Å². The fraction of sp³-hybridized carbons (Fsp3) is 0.231. The van der Waals surface area contributed by atoms with Crippen LogP contribution in [0, 0.1) is 0 Å². The first-order chi connectivity index (χ1) is 9.72. The van der Waals surface area contributed by atoms with Gasteiger partial charge in [-0.05, 0) is 30.7 Å². The third kappa shape index (κ3) is 2.51. The monoisotopic (exact) mass is 272 g/mol. The van der Waals surface area contributed by atoms with Gasteiger partial charge in [-0.3, -0.25) is 4.79 Å². The van der Waals surface area contributed by atoms with E-state index in [4.69, 9.17) is 5.11 Å². The molecule has 7 nitrogen and oxygen atoms in total. The Morgan fingerprint density at radius 3 is 2.75 bits per heavy atom. The number of aromatic nitrogens is 2. The Labute approximate surface area is 114 Å². The van der Waals surface area contributed by atoms with E-state index in [1.54, 1.807) is 0 Å². The molecule has 1 aromatic carbocycles. The Morgan fingerprint density at radius 1 is 1.20 bits per heavy atom. The molecule has 102 valence electrons. The van der Waals surface area contributed by atoms with Gasteiger partial charge in [0.1, 0.15) is 17.1 Å². The molecule has 1 aliphatic carbocycles. The van der Waals surface area contributed by atoms with Crippen molar-refractivity contribution in [2.24, 2.45) is 5.10 Å². The summed E-state index contributed by atoms with van der Waals surface area (Å²) in [5.74, 6) is -0.201. The van der Waals surface area contributed by atoms with Gasteiger partial charge < -0.3 is 5.11 Å². The lowest BCUT2D eigenvalue weighted by Gasteiger charge is -2.10. The van der Waals surface area contributed by atoms with Crippen LogP contribution >= 0.6 is 0 Å². The number of hydrazone groups is 1. The van der Waals surface area contributed by atoms with Crippen molar-refractivity contribution in [3.05, 3.63) is 41.2 Å². The lowest BCUT2D eigenvalue weighted by Crippen LogP contribution is -2.22. The number of phenolic OH excluding ortho intramolecular Hbond substituents is 1. The van der Waals surface area contributed by atoms with Crippen LogP contribution in [0.3, 0.4) is 0 Å². The minimum atomic E-state index is -0.318. The quantitative estimate of drug-likeness (QED) is 0.796. The van der Waals surface area contributed by atoms with Crippen molar-refractivity contribution < 1.29 is 14.5 Å². The molecule has 2 aromatic rings. The second-order valence-electron chi connectivity index (χ2n) is 4.50. The van der Waals surface area contributed by atoms with E-state index in [9.17, 15) is 4.79 Å². The van der Waals surface area contributed by atoms with Crippen LogP contribution in [0.1, 0.15) is 28.2 Å². The van der Waals surface area contributed by atoms with Gasteiger partial charge in [-0.15, -0.1) is 0 Å². The fourth-order valence-corrected chi connectivity index (χ4v) is 2.00. The fourth-order valence-electron chi connectivity index (χ4n) is 2.00. The summed E-state index contributed by atoms with van der Waals surface area (Å²) in [5, 5.41) is 20.9. The van der Waals surface area contributed by atoms with Crippen molar-refractivity contribution in [3.63, 3.8) is 0 Å². The Morgan fingerprint density at radius 2 is 1.95 bits per heavy atom. The van der Waals surface area contributed by atoms with Crippen LogP contribution in [0.25, 0.3) is 0 Å². The van der Waals surface area contributed by atoms with Crippen molar-refractivity contribution in [2.45, 2.75) is 19.3 Å². The summed E-state index contributed by atoms with van der Waals surface area (Å²) in [6, 6.07) is 5.97. The van der Waals surface area contributed by atoms with E-state index in [1.807, 2.05) is 0 Å². The highest BCUT2D eigenvalue weighted by atomic mass is 16.6. The zero-order chi connectivity index (χ0) is 13.9. The summed E-state index contributed by atoms with van der Waals surface area (Å²) in [7, 11) is 0. The van der Waals surface area contributed by atoms with Gasteiger partial charge in [0.05, 0.1) is 0 Å². The van der Waals surface area contributed by atoms with E-state index in [1.165, 1.54) is 24.3 Å². The maximum atomic E-state index is 11.8. The largest absolute Gasteiger partial charge is 0.508 e. The van der Waals surface area contributed by atoms with E-state index in [-0.39, 0.29) is 11.7 Å². The van der Waals surface area contributed by atoms with E-state index >= 15 is 0 Å². The zero-order valence-electron chi connectivity index (χ0n) is 10.5. The first-order valence-electron chi connectivity index (χ1n) is 6.17. The van der Waals surface area contributed by atoms with Gasteiger partial charge in [0, 0.05) is 24.1 Å². The minimum absolute atomic E-state index is 0.117. The number of benzene rings is 1. The number of hydrogen-bond donors (Lipinski definition) is 2. The van der Waals surface area contributed by atoms with Gasteiger partial charge in [-0.1, -0.05) is 10.3 Å². The molecule has 20 heavy (non-hydrogen) atoms. The van der Waals surface area contributed by atoms with E-state index in [0.29, 0.717) is 18.4 Å². The number of amides is 1. The SMILES string of the molecule is O=C(N/N=C1/CCc2nonc2C1)c1ccc(O)cc1. The van der Waals surface area contributed by atoms with Crippen LogP contribution < -0.4 is 5.43 Å². The van der Waals surface area contributed by atoms with Crippen molar-refractivity contribution in [1.82, 2.24) is 15.7 Å². The molecular weight excluding hydrogens is 260 g/mol. The summed E-state index contributed by atoms with van der Waals surface area (Å²) in [6.07, 6.45) is 1.97. The molecule has 0 spiro atoms. The smallest absolute Gasteiger partial charge is 0.271 e. The van der Waals surface area contributed by atoms with Crippen LogP contribution in [0.2, 0.25) is 0 Å². The predicted octanol–water partition coefficient (Wildman–Crippen LogP) is 1.05. The molecule has 1 aliphatic rings. The molecule has 0 aliphatic heterocycles. The number of carbonyl (C=O) groups excluding carboxylic acids is 1. The molecule has 0 saturated heterocycles. The number of rotatable bonds is 2. The highest BCUT2D eigenvalue weighted by Gasteiger charge is 2.19. The van der Waals surface area contributed by atoms with Gasteiger partial charge in [0.15, 0.2) is 0 Å². The van der Waals surface area contributed by atoms with E-state index in [0.717, 1.165) is 23.5 Å². The minimum Gasteiger partial charge on any atom is -0.508 e. The van der Waals surface area contributed by atoms with Gasteiger partial charge in [-0.25, -0.2) is 10.1 Å². The molecule has 7 heteroatoms. The van der Waals surface area contributed by atoms with Crippen LogP contribution in [0.4, 0.5) is 0 Å². The lowest BCUT2D eigenvalue weighted by molar-refractivity contribution is 0.0954. The molecule has 0 fully saturated rings. The van der Waals surface area contributed by atoms with Crippen LogP contribution in [-0.4, -0.2) is 27.0 Å². The maximum Gasteiger partial charge on any atom is 0.271 e. The summed E-state index contributed by atoms with van der Waals surface area (Å²) < 4.78 is 4.66. The van der Waals surface area contributed by atoms with Crippen LogP contribution in [-0.2, 0) is 12.8 Å². The lowest BCUT2D eigenvalue weighted by atomic mass is 9.99. The normalized spacial score (nSPS) is 15.9. The molecule has 0 saturated carbocycles.